The lowest BCUT2D eigenvalue weighted by Gasteiger charge is -2.08. The molecule has 0 aliphatic carbocycles. The van der Waals surface area contributed by atoms with Crippen LogP contribution in [0, 0.1) is 0 Å². The number of benzene rings is 1. The third-order valence-corrected chi connectivity index (χ3v) is 2.48. The van der Waals surface area contributed by atoms with Crippen molar-refractivity contribution in [2.45, 2.75) is 11.9 Å². The monoisotopic (exact) mass is 314 g/mol. The predicted octanol–water partition coefficient (Wildman–Crippen LogP) is 3.95. The summed E-state index contributed by atoms with van der Waals surface area (Å²) in [7, 11) is 0. The van der Waals surface area contributed by atoms with E-state index < -0.39 is 6.61 Å². The molecular formula is C8H6Br2F2O. The molecule has 0 saturated carbocycles. The van der Waals surface area contributed by atoms with Gasteiger partial charge < -0.3 is 4.74 Å². The van der Waals surface area contributed by atoms with E-state index in [1.807, 2.05) is 0 Å². The first kappa shape index (κ1) is 10.9. The number of halogens is 4. The van der Waals surface area contributed by atoms with Crippen LogP contribution in [0.3, 0.4) is 0 Å². The van der Waals surface area contributed by atoms with Crippen molar-refractivity contribution < 1.29 is 13.5 Å². The van der Waals surface area contributed by atoms with E-state index >= 15 is 0 Å². The summed E-state index contributed by atoms with van der Waals surface area (Å²) in [6.07, 6.45) is 0. The fourth-order valence-corrected chi connectivity index (χ4v) is 1.71. The summed E-state index contributed by atoms with van der Waals surface area (Å²) >= 11 is 6.43. The van der Waals surface area contributed by atoms with Gasteiger partial charge in [-0.15, -0.1) is 0 Å². The smallest absolute Gasteiger partial charge is 0.387 e. The summed E-state index contributed by atoms with van der Waals surface area (Å²) in [5.74, 6) is 0.204. The Morgan fingerprint density at radius 1 is 1.38 bits per heavy atom. The van der Waals surface area contributed by atoms with E-state index in [-0.39, 0.29) is 5.75 Å². The zero-order valence-electron chi connectivity index (χ0n) is 6.44. The molecule has 0 saturated heterocycles. The molecule has 1 nitrogen and oxygen atoms in total. The van der Waals surface area contributed by atoms with Gasteiger partial charge in [0.1, 0.15) is 5.75 Å². The van der Waals surface area contributed by atoms with Crippen LogP contribution in [-0.2, 0) is 5.33 Å². The highest BCUT2D eigenvalue weighted by Crippen LogP contribution is 2.26. The lowest BCUT2D eigenvalue weighted by Crippen LogP contribution is -2.03. The minimum atomic E-state index is -2.78. The SMILES string of the molecule is FC(F)Oc1ccc(Br)cc1CBr. The van der Waals surface area contributed by atoms with Gasteiger partial charge in [-0.3, -0.25) is 0 Å². The minimum absolute atomic E-state index is 0.204. The molecule has 13 heavy (non-hydrogen) atoms. The van der Waals surface area contributed by atoms with Crippen LogP contribution in [-0.4, -0.2) is 6.61 Å². The Hall–Kier alpha value is -0.160. The molecule has 0 heterocycles. The molecule has 0 amide bonds. The second-order valence-electron chi connectivity index (χ2n) is 2.26. The maximum absolute atomic E-state index is 11.9. The van der Waals surface area contributed by atoms with E-state index in [0.29, 0.717) is 10.9 Å². The summed E-state index contributed by atoms with van der Waals surface area (Å²) in [6.45, 7) is -2.78. The van der Waals surface area contributed by atoms with Gasteiger partial charge >= 0.3 is 6.61 Å². The minimum Gasteiger partial charge on any atom is -0.435 e. The molecule has 0 unspecified atom stereocenters. The molecule has 5 heteroatoms. The van der Waals surface area contributed by atoms with Gasteiger partial charge in [0, 0.05) is 15.4 Å². The van der Waals surface area contributed by atoms with Gasteiger partial charge in [0.15, 0.2) is 0 Å². The average Bonchev–Trinajstić information content (AvgIpc) is 2.07. The normalized spacial score (nSPS) is 10.5. The summed E-state index contributed by atoms with van der Waals surface area (Å²) in [5.41, 5.74) is 0.690. The number of alkyl halides is 3. The van der Waals surface area contributed by atoms with Gasteiger partial charge in [-0.05, 0) is 18.2 Å². The molecular weight excluding hydrogens is 310 g/mol. The molecule has 72 valence electrons. The maximum atomic E-state index is 11.9. The Morgan fingerprint density at radius 2 is 2.08 bits per heavy atom. The predicted molar refractivity (Wildman–Crippen MR) is 53.4 cm³/mol. The Morgan fingerprint density at radius 3 is 2.62 bits per heavy atom. The van der Waals surface area contributed by atoms with Gasteiger partial charge in [0.2, 0.25) is 0 Å². The van der Waals surface area contributed by atoms with Crippen molar-refractivity contribution in [3.05, 3.63) is 28.2 Å². The standard InChI is InChI=1S/C8H6Br2F2O/c9-4-5-3-6(10)1-2-7(5)13-8(11)12/h1-3,8H,4H2. The first-order valence-electron chi connectivity index (χ1n) is 3.42. The van der Waals surface area contributed by atoms with Crippen molar-refractivity contribution in [3.63, 3.8) is 0 Å². The van der Waals surface area contributed by atoms with Gasteiger partial charge in [0.25, 0.3) is 0 Å². The van der Waals surface area contributed by atoms with E-state index in [0.717, 1.165) is 4.47 Å². The van der Waals surface area contributed by atoms with Gasteiger partial charge in [0.05, 0.1) is 0 Å². The molecule has 1 aromatic carbocycles. The van der Waals surface area contributed by atoms with Crippen molar-refractivity contribution in [3.8, 4) is 5.75 Å². The van der Waals surface area contributed by atoms with Gasteiger partial charge in [-0.25, -0.2) is 0 Å². The summed E-state index contributed by atoms with van der Waals surface area (Å²) in [5, 5.41) is 0.481. The highest BCUT2D eigenvalue weighted by molar-refractivity contribution is 9.10. The van der Waals surface area contributed by atoms with Crippen LogP contribution in [0.2, 0.25) is 0 Å². The molecule has 1 aromatic rings. The molecule has 0 aliphatic heterocycles. The van der Waals surface area contributed by atoms with Gasteiger partial charge in [-0.1, -0.05) is 31.9 Å². The van der Waals surface area contributed by atoms with Crippen LogP contribution in [0.25, 0.3) is 0 Å². The second-order valence-corrected chi connectivity index (χ2v) is 3.74. The first-order valence-corrected chi connectivity index (χ1v) is 5.34. The van der Waals surface area contributed by atoms with E-state index in [2.05, 4.69) is 36.6 Å². The number of ether oxygens (including phenoxy) is 1. The van der Waals surface area contributed by atoms with E-state index in [1.54, 1.807) is 12.1 Å². The Bertz CT molecular complexity index is 291. The molecule has 0 N–H and O–H groups in total. The molecule has 0 bridgehead atoms. The van der Waals surface area contributed by atoms with Crippen LogP contribution < -0.4 is 4.74 Å². The zero-order valence-corrected chi connectivity index (χ0v) is 9.61. The van der Waals surface area contributed by atoms with Crippen LogP contribution in [0.1, 0.15) is 5.56 Å². The number of hydrogen-bond donors (Lipinski definition) is 0. The van der Waals surface area contributed by atoms with Crippen LogP contribution >= 0.6 is 31.9 Å². The first-order chi connectivity index (χ1) is 6.13. The van der Waals surface area contributed by atoms with Crippen molar-refractivity contribution in [2.24, 2.45) is 0 Å². The zero-order chi connectivity index (χ0) is 9.84. The van der Waals surface area contributed by atoms with Crippen molar-refractivity contribution in [1.29, 1.82) is 0 Å². The third kappa shape index (κ3) is 3.23. The number of rotatable bonds is 3. The molecule has 0 atom stereocenters. The van der Waals surface area contributed by atoms with Crippen molar-refractivity contribution in [2.75, 3.05) is 0 Å². The van der Waals surface area contributed by atoms with E-state index in [4.69, 9.17) is 0 Å². The lowest BCUT2D eigenvalue weighted by molar-refractivity contribution is -0.0503. The Balaban J connectivity index is 2.92. The Labute approximate surface area is 91.3 Å². The van der Waals surface area contributed by atoms with Crippen LogP contribution in [0.5, 0.6) is 5.75 Å². The van der Waals surface area contributed by atoms with Crippen molar-refractivity contribution >= 4 is 31.9 Å². The summed E-state index contributed by atoms with van der Waals surface area (Å²) in [4.78, 5) is 0. The lowest BCUT2D eigenvalue weighted by atomic mass is 10.2. The highest BCUT2D eigenvalue weighted by atomic mass is 79.9. The summed E-state index contributed by atoms with van der Waals surface area (Å²) < 4.78 is 28.9. The molecule has 0 aliphatic rings. The molecule has 0 radical (unpaired) electrons. The quantitative estimate of drug-likeness (QED) is 0.768. The second kappa shape index (κ2) is 4.91. The largest absolute Gasteiger partial charge is 0.435 e. The molecule has 1 rings (SSSR count). The van der Waals surface area contributed by atoms with Gasteiger partial charge in [-0.2, -0.15) is 8.78 Å². The molecule has 0 fully saturated rings. The summed E-state index contributed by atoms with van der Waals surface area (Å²) in [6, 6.07) is 4.89. The fourth-order valence-electron chi connectivity index (χ4n) is 0.863. The third-order valence-electron chi connectivity index (χ3n) is 1.38. The molecule has 0 aromatic heterocycles. The van der Waals surface area contributed by atoms with Crippen molar-refractivity contribution in [1.82, 2.24) is 0 Å². The maximum Gasteiger partial charge on any atom is 0.387 e. The van der Waals surface area contributed by atoms with Crippen LogP contribution in [0.15, 0.2) is 22.7 Å². The highest BCUT2D eigenvalue weighted by Gasteiger charge is 2.08. The number of hydrogen-bond acceptors (Lipinski definition) is 1. The van der Waals surface area contributed by atoms with Crippen LogP contribution in [0.4, 0.5) is 8.78 Å². The van der Waals surface area contributed by atoms with E-state index in [1.165, 1.54) is 6.07 Å². The van der Waals surface area contributed by atoms with E-state index in [9.17, 15) is 8.78 Å². The topological polar surface area (TPSA) is 9.23 Å². The average molecular weight is 316 g/mol. The molecule has 0 spiro atoms. The Kier molecular flexibility index (Phi) is 4.12. The fraction of sp³-hybridized carbons (Fsp3) is 0.250.